The number of aromatic nitrogens is 2. The van der Waals surface area contributed by atoms with E-state index >= 15 is 0 Å². The summed E-state index contributed by atoms with van der Waals surface area (Å²) in [4.78, 5) is 25.3. The van der Waals surface area contributed by atoms with Crippen LogP contribution in [0.3, 0.4) is 0 Å². The quantitative estimate of drug-likeness (QED) is 0.667. The van der Waals surface area contributed by atoms with Crippen molar-refractivity contribution >= 4 is 22.4 Å². The molecule has 2 atom stereocenters. The van der Waals surface area contributed by atoms with Gasteiger partial charge >= 0.3 is 0 Å². The molecule has 0 spiro atoms. The van der Waals surface area contributed by atoms with Crippen molar-refractivity contribution in [1.29, 1.82) is 0 Å². The van der Waals surface area contributed by atoms with Gasteiger partial charge in [0.2, 0.25) is 0 Å². The van der Waals surface area contributed by atoms with Crippen molar-refractivity contribution in [1.82, 2.24) is 14.5 Å². The number of fused-ring (bicyclic) bond motifs is 4. The normalized spacial score (nSPS) is 23.1. The second-order valence-corrected chi connectivity index (χ2v) is 7.67. The van der Waals surface area contributed by atoms with Gasteiger partial charge in [0.25, 0.3) is 5.56 Å². The minimum absolute atomic E-state index is 0.0949. The topological polar surface area (TPSA) is 50.5 Å². The summed E-state index contributed by atoms with van der Waals surface area (Å²) >= 11 is 0. The van der Waals surface area contributed by atoms with Crippen molar-refractivity contribution in [2.75, 3.05) is 6.54 Å². The fourth-order valence-electron chi connectivity index (χ4n) is 5.06. The van der Waals surface area contributed by atoms with Crippen LogP contribution in [0.2, 0.25) is 0 Å². The van der Waals surface area contributed by atoms with Crippen LogP contribution < -0.4 is 5.56 Å². The Hall–Kier alpha value is -2.95. The van der Waals surface area contributed by atoms with E-state index in [1.165, 1.54) is 11.4 Å². The molecule has 1 fully saturated rings. The molecule has 27 heavy (non-hydrogen) atoms. The molecular formula is C22H20N4O. The van der Waals surface area contributed by atoms with Crippen LogP contribution in [0.1, 0.15) is 42.6 Å². The van der Waals surface area contributed by atoms with Gasteiger partial charge in [0, 0.05) is 31.0 Å². The van der Waals surface area contributed by atoms with Crippen LogP contribution in [0.25, 0.3) is 10.9 Å². The van der Waals surface area contributed by atoms with Gasteiger partial charge < -0.3 is 4.90 Å². The van der Waals surface area contributed by atoms with Crippen molar-refractivity contribution in [3.05, 3.63) is 70.3 Å². The van der Waals surface area contributed by atoms with E-state index in [0.717, 1.165) is 54.8 Å². The van der Waals surface area contributed by atoms with Gasteiger partial charge in [-0.1, -0.05) is 30.3 Å². The van der Waals surface area contributed by atoms with E-state index in [1.807, 2.05) is 28.8 Å². The Morgan fingerprint density at radius 3 is 2.81 bits per heavy atom. The SMILES string of the molecule is O=c1c2ccccc2nc2n1CCC2C1c2ccccc2N=C2CCCN21. The first-order valence-corrected chi connectivity index (χ1v) is 9.74. The number of nitrogens with zero attached hydrogens (tertiary/aromatic N) is 4. The Balaban J connectivity index is 1.55. The van der Waals surface area contributed by atoms with Gasteiger partial charge in [-0.05, 0) is 31.0 Å². The maximum atomic E-state index is 13.0. The number of rotatable bonds is 1. The van der Waals surface area contributed by atoms with Crippen LogP contribution in [-0.4, -0.2) is 26.8 Å². The van der Waals surface area contributed by atoms with E-state index in [2.05, 4.69) is 29.2 Å². The number of para-hydroxylation sites is 2. The largest absolute Gasteiger partial charge is 0.352 e. The number of hydrogen-bond acceptors (Lipinski definition) is 4. The molecule has 0 saturated carbocycles. The molecule has 4 heterocycles. The number of amidine groups is 1. The molecule has 5 nitrogen and oxygen atoms in total. The van der Waals surface area contributed by atoms with Crippen molar-refractivity contribution in [3.63, 3.8) is 0 Å². The fourth-order valence-corrected chi connectivity index (χ4v) is 5.06. The average Bonchev–Trinajstić information content (AvgIpc) is 3.33. The summed E-state index contributed by atoms with van der Waals surface area (Å²) < 4.78 is 1.90. The maximum Gasteiger partial charge on any atom is 0.261 e. The van der Waals surface area contributed by atoms with Gasteiger partial charge in [-0.15, -0.1) is 0 Å². The lowest BCUT2D eigenvalue weighted by molar-refractivity contribution is 0.284. The second-order valence-electron chi connectivity index (χ2n) is 7.67. The molecule has 0 N–H and O–H groups in total. The predicted molar refractivity (Wildman–Crippen MR) is 106 cm³/mol. The molecule has 0 radical (unpaired) electrons. The Labute approximate surface area is 157 Å². The summed E-state index contributed by atoms with van der Waals surface area (Å²) in [6.07, 6.45) is 3.13. The summed E-state index contributed by atoms with van der Waals surface area (Å²) in [6, 6.07) is 16.4. The molecule has 3 aromatic rings. The number of benzene rings is 2. The molecule has 5 heteroatoms. The molecule has 0 bridgehead atoms. The van der Waals surface area contributed by atoms with E-state index in [4.69, 9.17) is 9.98 Å². The molecule has 2 unspecified atom stereocenters. The van der Waals surface area contributed by atoms with Crippen LogP contribution in [-0.2, 0) is 6.54 Å². The van der Waals surface area contributed by atoms with Gasteiger partial charge in [-0.2, -0.15) is 0 Å². The highest BCUT2D eigenvalue weighted by molar-refractivity contribution is 5.89. The molecule has 3 aliphatic heterocycles. The third kappa shape index (κ3) is 2.08. The average molecular weight is 356 g/mol. The molecule has 6 rings (SSSR count). The van der Waals surface area contributed by atoms with Crippen LogP contribution in [0, 0.1) is 0 Å². The molecular weight excluding hydrogens is 336 g/mol. The predicted octanol–water partition coefficient (Wildman–Crippen LogP) is 3.76. The third-order valence-electron chi connectivity index (χ3n) is 6.24. The Bertz CT molecular complexity index is 1160. The lowest BCUT2D eigenvalue weighted by atomic mass is 9.88. The van der Waals surface area contributed by atoms with Crippen LogP contribution >= 0.6 is 0 Å². The summed E-state index contributed by atoms with van der Waals surface area (Å²) in [5, 5.41) is 0.717. The zero-order valence-corrected chi connectivity index (χ0v) is 15.0. The van der Waals surface area contributed by atoms with Gasteiger partial charge in [0.15, 0.2) is 0 Å². The first-order valence-electron chi connectivity index (χ1n) is 9.74. The Kier molecular flexibility index (Phi) is 3.10. The molecule has 0 aliphatic carbocycles. The van der Waals surface area contributed by atoms with Gasteiger partial charge in [0.05, 0.1) is 22.6 Å². The lowest BCUT2D eigenvalue weighted by Gasteiger charge is -2.38. The van der Waals surface area contributed by atoms with Crippen molar-refractivity contribution in [3.8, 4) is 0 Å². The molecule has 0 amide bonds. The monoisotopic (exact) mass is 356 g/mol. The molecule has 134 valence electrons. The first-order chi connectivity index (χ1) is 13.3. The van der Waals surface area contributed by atoms with E-state index < -0.39 is 0 Å². The number of aliphatic imine (C=N–C) groups is 1. The standard InChI is InChI=1S/C22H20N4O/c27-22-15-7-2-4-9-18(15)24-21-16(11-13-26(21)22)20-14-6-1-3-8-17(14)23-19-10-5-12-25(19)20/h1-4,6-9,16,20H,5,10-13H2. The van der Waals surface area contributed by atoms with Crippen LogP contribution in [0.15, 0.2) is 58.3 Å². The maximum absolute atomic E-state index is 13.0. The van der Waals surface area contributed by atoms with E-state index in [-0.39, 0.29) is 17.5 Å². The number of hydrogen-bond donors (Lipinski definition) is 0. The summed E-state index contributed by atoms with van der Waals surface area (Å²) in [6.45, 7) is 1.78. The van der Waals surface area contributed by atoms with E-state index in [0.29, 0.717) is 0 Å². The summed E-state index contributed by atoms with van der Waals surface area (Å²) in [5.41, 5.74) is 3.25. The zero-order valence-electron chi connectivity index (χ0n) is 15.0. The minimum atomic E-state index is 0.0949. The molecule has 1 aromatic heterocycles. The van der Waals surface area contributed by atoms with Gasteiger partial charge in [-0.25, -0.2) is 9.98 Å². The lowest BCUT2D eigenvalue weighted by Crippen LogP contribution is -2.36. The first kappa shape index (κ1) is 15.1. The molecule has 3 aliphatic rings. The van der Waals surface area contributed by atoms with Crippen LogP contribution in [0.5, 0.6) is 0 Å². The Morgan fingerprint density at radius 1 is 1.00 bits per heavy atom. The zero-order chi connectivity index (χ0) is 18.0. The van der Waals surface area contributed by atoms with E-state index in [9.17, 15) is 4.79 Å². The van der Waals surface area contributed by atoms with Gasteiger partial charge in [0.1, 0.15) is 11.7 Å². The van der Waals surface area contributed by atoms with E-state index in [1.54, 1.807) is 0 Å². The Morgan fingerprint density at radius 2 is 1.85 bits per heavy atom. The van der Waals surface area contributed by atoms with Crippen molar-refractivity contribution in [2.24, 2.45) is 4.99 Å². The summed E-state index contributed by atoms with van der Waals surface area (Å²) in [7, 11) is 0. The second kappa shape index (κ2) is 5.52. The van der Waals surface area contributed by atoms with Crippen molar-refractivity contribution < 1.29 is 0 Å². The third-order valence-corrected chi connectivity index (χ3v) is 6.24. The minimum Gasteiger partial charge on any atom is -0.352 e. The molecule has 2 aromatic carbocycles. The van der Waals surface area contributed by atoms with Gasteiger partial charge in [-0.3, -0.25) is 9.36 Å². The van der Waals surface area contributed by atoms with Crippen molar-refractivity contribution in [2.45, 2.75) is 37.8 Å². The highest BCUT2D eigenvalue weighted by Crippen LogP contribution is 2.48. The fraction of sp³-hybridized carbons (Fsp3) is 0.318. The summed E-state index contributed by atoms with van der Waals surface area (Å²) in [5.74, 6) is 2.35. The highest BCUT2D eigenvalue weighted by atomic mass is 16.1. The molecule has 1 saturated heterocycles. The smallest absolute Gasteiger partial charge is 0.261 e. The van der Waals surface area contributed by atoms with Crippen LogP contribution in [0.4, 0.5) is 5.69 Å². The highest BCUT2D eigenvalue weighted by Gasteiger charge is 2.42.